The number of nitrogens with zero attached hydrogens (tertiary/aromatic N) is 1. The van der Waals surface area contributed by atoms with Gasteiger partial charge in [0.15, 0.2) is 0 Å². The van der Waals surface area contributed by atoms with Crippen molar-refractivity contribution < 1.29 is 24.2 Å². The normalized spacial score (nSPS) is 16.6. The molecule has 0 aliphatic carbocycles. The van der Waals surface area contributed by atoms with Crippen LogP contribution in [-0.2, 0) is 9.53 Å². The molecule has 0 bridgehead atoms. The van der Waals surface area contributed by atoms with Crippen molar-refractivity contribution in [2.24, 2.45) is 5.92 Å². The molecular formula is C15H17NO5. The number of benzene rings is 1. The third-order valence-corrected chi connectivity index (χ3v) is 3.43. The quantitative estimate of drug-likeness (QED) is 0.642. The maximum atomic E-state index is 12.2. The molecule has 6 heteroatoms. The number of amides is 2. The van der Waals surface area contributed by atoms with E-state index in [9.17, 15) is 19.5 Å². The van der Waals surface area contributed by atoms with Crippen LogP contribution in [0.15, 0.2) is 24.3 Å². The van der Waals surface area contributed by atoms with Crippen molar-refractivity contribution in [2.45, 2.75) is 20.0 Å². The number of carbonyl (C=O) groups is 3. The van der Waals surface area contributed by atoms with Crippen molar-refractivity contribution in [3.63, 3.8) is 0 Å². The summed E-state index contributed by atoms with van der Waals surface area (Å²) in [6, 6.07) is 6.48. The average molecular weight is 291 g/mol. The van der Waals surface area contributed by atoms with Crippen LogP contribution in [0.25, 0.3) is 0 Å². The summed E-state index contributed by atoms with van der Waals surface area (Å²) < 4.78 is 4.88. The first-order chi connectivity index (χ1) is 9.97. The number of hydrogen-bond acceptors (Lipinski definition) is 5. The van der Waals surface area contributed by atoms with Gasteiger partial charge in [0.05, 0.1) is 23.8 Å². The summed E-state index contributed by atoms with van der Waals surface area (Å²) in [6.07, 6.45) is -1.02. The van der Waals surface area contributed by atoms with Gasteiger partial charge in [-0.25, -0.2) is 0 Å². The lowest BCUT2D eigenvalue weighted by Crippen LogP contribution is -2.42. The van der Waals surface area contributed by atoms with Crippen LogP contribution in [0.5, 0.6) is 0 Å². The second kappa shape index (κ2) is 6.05. The van der Waals surface area contributed by atoms with Crippen molar-refractivity contribution >= 4 is 17.8 Å². The maximum absolute atomic E-state index is 12.2. The second-order valence-electron chi connectivity index (χ2n) is 4.87. The molecule has 21 heavy (non-hydrogen) atoms. The number of aliphatic hydroxyl groups is 1. The van der Waals surface area contributed by atoms with Gasteiger partial charge in [-0.2, -0.15) is 0 Å². The summed E-state index contributed by atoms with van der Waals surface area (Å²) in [5, 5.41) is 9.71. The van der Waals surface area contributed by atoms with E-state index in [1.165, 1.54) is 6.92 Å². The van der Waals surface area contributed by atoms with Crippen LogP contribution >= 0.6 is 0 Å². The van der Waals surface area contributed by atoms with Crippen molar-refractivity contribution in [3.8, 4) is 0 Å². The van der Waals surface area contributed by atoms with Crippen LogP contribution in [0, 0.1) is 5.92 Å². The van der Waals surface area contributed by atoms with Crippen LogP contribution in [0.2, 0.25) is 0 Å². The van der Waals surface area contributed by atoms with E-state index in [1.807, 2.05) is 0 Å². The predicted octanol–water partition coefficient (Wildman–Crippen LogP) is 0.843. The molecule has 0 saturated carbocycles. The number of fused-ring (bicyclic) bond motifs is 1. The minimum Gasteiger partial charge on any atom is -0.466 e. The van der Waals surface area contributed by atoms with Crippen LogP contribution in [0.1, 0.15) is 34.6 Å². The molecule has 112 valence electrons. The first-order valence-corrected chi connectivity index (χ1v) is 6.77. The van der Waals surface area contributed by atoms with Crippen LogP contribution in [0.3, 0.4) is 0 Å². The fourth-order valence-electron chi connectivity index (χ4n) is 2.27. The zero-order valence-electron chi connectivity index (χ0n) is 11.9. The van der Waals surface area contributed by atoms with Gasteiger partial charge in [-0.05, 0) is 26.0 Å². The molecule has 1 heterocycles. The minimum absolute atomic E-state index is 0.171. The molecule has 1 aliphatic heterocycles. The molecule has 0 unspecified atom stereocenters. The Labute approximate surface area is 122 Å². The molecule has 0 saturated heterocycles. The molecule has 1 aromatic carbocycles. The number of rotatable bonds is 5. The van der Waals surface area contributed by atoms with Crippen LogP contribution in [-0.4, -0.2) is 47.0 Å². The lowest BCUT2D eigenvalue weighted by Gasteiger charge is -2.23. The number of carbonyl (C=O) groups excluding carboxylic acids is 3. The van der Waals surface area contributed by atoms with Crippen molar-refractivity contribution in [2.75, 3.05) is 13.2 Å². The SMILES string of the molecule is CCOC(=O)[C@H](CN1C(=O)c2ccccc2C1=O)[C@@H](C)O. The molecule has 1 aromatic rings. The monoisotopic (exact) mass is 291 g/mol. The maximum Gasteiger partial charge on any atom is 0.313 e. The summed E-state index contributed by atoms with van der Waals surface area (Å²) in [5.41, 5.74) is 0.631. The molecule has 0 spiro atoms. The van der Waals surface area contributed by atoms with E-state index < -0.39 is 29.8 Å². The van der Waals surface area contributed by atoms with E-state index in [4.69, 9.17) is 4.74 Å². The van der Waals surface area contributed by atoms with Gasteiger partial charge < -0.3 is 9.84 Å². The number of aliphatic hydroxyl groups excluding tert-OH is 1. The summed E-state index contributed by atoms with van der Waals surface area (Å²) in [6.45, 7) is 3.06. The number of hydrogen-bond donors (Lipinski definition) is 1. The third-order valence-electron chi connectivity index (χ3n) is 3.43. The van der Waals surface area contributed by atoms with Gasteiger partial charge in [-0.3, -0.25) is 19.3 Å². The van der Waals surface area contributed by atoms with Crippen molar-refractivity contribution in [3.05, 3.63) is 35.4 Å². The largest absolute Gasteiger partial charge is 0.466 e. The molecule has 2 amide bonds. The summed E-state index contributed by atoms with van der Waals surface area (Å²) in [7, 11) is 0. The van der Waals surface area contributed by atoms with Gasteiger partial charge in [-0.15, -0.1) is 0 Å². The van der Waals surface area contributed by atoms with E-state index >= 15 is 0 Å². The van der Waals surface area contributed by atoms with Gasteiger partial charge in [0.2, 0.25) is 0 Å². The highest BCUT2D eigenvalue weighted by molar-refractivity contribution is 6.21. The topological polar surface area (TPSA) is 83.9 Å². The van der Waals surface area contributed by atoms with Crippen molar-refractivity contribution in [1.29, 1.82) is 0 Å². The zero-order chi connectivity index (χ0) is 15.6. The molecule has 0 fully saturated rings. The minimum atomic E-state index is -1.02. The fourth-order valence-corrected chi connectivity index (χ4v) is 2.27. The fraction of sp³-hybridized carbons (Fsp3) is 0.400. The number of esters is 1. The van der Waals surface area contributed by atoms with E-state index in [-0.39, 0.29) is 13.2 Å². The Bertz CT molecular complexity index is 546. The molecule has 1 aliphatic rings. The lowest BCUT2D eigenvalue weighted by atomic mass is 10.0. The summed E-state index contributed by atoms with van der Waals surface area (Å²) in [4.78, 5) is 37.2. The van der Waals surface area contributed by atoms with Gasteiger partial charge in [0.25, 0.3) is 11.8 Å². The van der Waals surface area contributed by atoms with Gasteiger partial charge >= 0.3 is 5.97 Å². The standard InChI is InChI=1S/C15H17NO5/c1-3-21-15(20)12(9(2)17)8-16-13(18)10-6-4-5-7-11(10)14(16)19/h4-7,9,12,17H,3,8H2,1-2H3/t9-,12-/m1/s1. The third kappa shape index (κ3) is 2.80. The molecule has 0 radical (unpaired) electrons. The van der Waals surface area contributed by atoms with E-state index in [0.717, 1.165) is 4.90 Å². The molecule has 1 N–H and O–H groups in total. The highest BCUT2D eigenvalue weighted by Gasteiger charge is 2.39. The highest BCUT2D eigenvalue weighted by atomic mass is 16.5. The first kappa shape index (κ1) is 15.2. The molecule has 0 aromatic heterocycles. The Morgan fingerprint density at radius 3 is 2.19 bits per heavy atom. The Kier molecular flexibility index (Phi) is 4.37. The second-order valence-corrected chi connectivity index (χ2v) is 4.87. The molecule has 2 atom stereocenters. The van der Waals surface area contributed by atoms with Gasteiger partial charge in [-0.1, -0.05) is 12.1 Å². The lowest BCUT2D eigenvalue weighted by molar-refractivity contribution is -0.151. The molecule has 6 nitrogen and oxygen atoms in total. The van der Waals surface area contributed by atoms with E-state index in [2.05, 4.69) is 0 Å². The van der Waals surface area contributed by atoms with Crippen molar-refractivity contribution in [1.82, 2.24) is 4.90 Å². The number of ether oxygens (including phenoxy) is 1. The smallest absolute Gasteiger partial charge is 0.313 e. The highest BCUT2D eigenvalue weighted by Crippen LogP contribution is 2.24. The summed E-state index contributed by atoms with van der Waals surface area (Å²) in [5.74, 6) is -2.48. The predicted molar refractivity (Wildman–Crippen MR) is 73.6 cm³/mol. The Morgan fingerprint density at radius 1 is 1.24 bits per heavy atom. The first-order valence-electron chi connectivity index (χ1n) is 6.77. The average Bonchev–Trinajstić information content (AvgIpc) is 2.69. The van der Waals surface area contributed by atoms with E-state index in [0.29, 0.717) is 11.1 Å². The Hall–Kier alpha value is -2.21. The Morgan fingerprint density at radius 2 is 1.76 bits per heavy atom. The number of imide groups is 1. The van der Waals surface area contributed by atoms with E-state index in [1.54, 1.807) is 31.2 Å². The molecule has 2 rings (SSSR count). The van der Waals surface area contributed by atoms with Gasteiger partial charge in [0, 0.05) is 6.54 Å². The van der Waals surface area contributed by atoms with Crippen LogP contribution < -0.4 is 0 Å². The summed E-state index contributed by atoms with van der Waals surface area (Å²) >= 11 is 0. The zero-order valence-corrected chi connectivity index (χ0v) is 11.9. The van der Waals surface area contributed by atoms with Gasteiger partial charge in [0.1, 0.15) is 5.92 Å². The molecular weight excluding hydrogens is 274 g/mol. The van der Waals surface area contributed by atoms with Crippen LogP contribution in [0.4, 0.5) is 0 Å². The Balaban J connectivity index is 2.22.